The summed E-state index contributed by atoms with van der Waals surface area (Å²) >= 11 is 3.34. The number of thiophene rings is 1. The SMILES string of the molecule is CCN(CCN1C(=O)CS[C@@H]1c1ccsc1)C(=O)C1CC1. The predicted molar refractivity (Wildman–Crippen MR) is 86.2 cm³/mol. The summed E-state index contributed by atoms with van der Waals surface area (Å²) in [6, 6.07) is 2.08. The van der Waals surface area contributed by atoms with Gasteiger partial charge in [-0.25, -0.2) is 0 Å². The Kier molecular flexibility index (Phi) is 4.54. The first kappa shape index (κ1) is 14.9. The van der Waals surface area contributed by atoms with Gasteiger partial charge in [-0.2, -0.15) is 11.3 Å². The van der Waals surface area contributed by atoms with Gasteiger partial charge in [-0.05, 0) is 42.2 Å². The van der Waals surface area contributed by atoms with E-state index in [1.54, 1.807) is 23.1 Å². The van der Waals surface area contributed by atoms with Crippen molar-refractivity contribution in [3.05, 3.63) is 22.4 Å². The molecule has 1 aliphatic heterocycles. The Morgan fingerprint density at radius 1 is 1.48 bits per heavy atom. The van der Waals surface area contributed by atoms with Crippen LogP contribution in [0.5, 0.6) is 0 Å². The first-order chi connectivity index (χ1) is 10.2. The van der Waals surface area contributed by atoms with Crippen molar-refractivity contribution < 1.29 is 9.59 Å². The molecule has 0 bridgehead atoms. The third kappa shape index (κ3) is 3.26. The Hall–Kier alpha value is -1.01. The third-order valence-electron chi connectivity index (χ3n) is 4.03. The second-order valence-electron chi connectivity index (χ2n) is 5.50. The molecule has 1 saturated heterocycles. The Balaban J connectivity index is 1.61. The molecule has 1 aliphatic carbocycles. The first-order valence-corrected chi connectivity index (χ1v) is 9.41. The molecule has 21 heavy (non-hydrogen) atoms. The fourth-order valence-electron chi connectivity index (χ4n) is 2.63. The van der Waals surface area contributed by atoms with Gasteiger partial charge in [0, 0.05) is 25.6 Å². The number of carbonyl (C=O) groups excluding carboxylic acids is 2. The Morgan fingerprint density at radius 2 is 2.29 bits per heavy atom. The monoisotopic (exact) mass is 324 g/mol. The minimum absolute atomic E-state index is 0.124. The maximum Gasteiger partial charge on any atom is 0.233 e. The lowest BCUT2D eigenvalue weighted by atomic mass is 10.3. The number of thioether (sulfide) groups is 1. The smallest absolute Gasteiger partial charge is 0.233 e. The highest BCUT2D eigenvalue weighted by molar-refractivity contribution is 8.00. The molecule has 2 fully saturated rings. The van der Waals surface area contributed by atoms with Crippen LogP contribution >= 0.6 is 23.1 Å². The van der Waals surface area contributed by atoms with Gasteiger partial charge in [0.05, 0.1) is 5.75 Å². The van der Waals surface area contributed by atoms with Crippen LogP contribution in [0.1, 0.15) is 30.7 Å². The normalized spacial score (nSPS) is 21.9. The van der Waals surface area contributed by atoms with Crippen molar-refractivity contribution in [3.63, 3.8) is 0 Å². The van der Waals surface area contributed by atoms with E-state index in [1.807, 2.05) is 22.1 Å². The number of amides is 2. The number of likely N-dealkylation sites (N-methyl/N-ethyl adjacent to an activating group) is 1. The van der Waals surface area contributed by atoms with Gasteiger partial charge in [0.2, 0.25) is 11.8 Å². The van der Waals surface area contributed by atoms with Crippen molar-refractivity contribution in [2.75, 3.05) is 25.4 Å². The van der Waals surface area contributed by atoms with E-state index in [2.05, 4.69) is 11.4 Å². The molecule has 1 aromatic rings. The van der Waals surface area contributed by atoms with Gasteiger partial charge in [-0.15, -0.1) is 11.8 Å². The highest BCUT2D eigenvalue weighted by Gasteiger charge is 2.35. The van der Waals surface area contributed by atoms with Crippen LogP contribution in [0.4, 0.5) is 0 Å². The number of hydrogen-bond acceptors (Lipinski definition) is 4. The van der Waals surface area contributed by atoms with Gasteiger partial charge < -0.3 is 9.80 Å². The lowest BCUT2D eigenvalue weighted by Gasteiger charge is -2.27. The molecule has 0 unspecified atom stereocenters. The molecule has 114 valence electrons. The topological polar surface area (TPSA) is 40.6 Å². The summed E-state index contributed by atoms with van der Waals surface area (Å²) in [5, 5.41) is 4.28. The van der Waals surface area contributed by atoms with Crippen molar-refractivity contribution in [2.45, 2.75) is 25.1 Å². The minimum Gasteiger partial charge on any atom is -0.341 e. The molecule has 0 radical (unpaired) electrons. The molecule has 0 N–H and O–H groups in total. The van der Waals surface area contributed by atoms with E-state index >= 15 is 0 Å². The van der Waals surface area contributed by atoms with Crippen LogP contribution in [0, 0.1) is 5.92 Å². The third-order valence-corrected chi connectivity index (χ3v) is 5.98. The molecule has 2 heterocycles. The molecule has 1 aromatic heterocycles. The average molecular weight is 324 g/mol. The van der Waals surface area contributed by atoms with Crippen LogP contribution in [0.2, 0.25) is 0 Å². The number of rotatable bonds is 6. The summed E-state index contributed by atoms with van der Waals surface area (Å²) in [5.74, 6) is 1.25. The van der Waals surface area contributed by atoms with E-state index in [-0.39, 0.29) is 23.1 Å². The zero-order valence-electron chi connectivity index (χ0n) is 12.2. The number of nitrogens with zero attached hydrogens (tertiary/aromatic N) is 2. The lowest BCUT2D eigenvalue weighted by molar-refractivity contribution is -0.134. The van der Waals surface area contributed by atoms with Crippen molar-refractivity contribution in [3.8, 4) is 0 Å². The maximum atomic E-state index is 12.2. The van der Waals surface area contributed by atoms with E-state index in [1.165, 1.54) is 5.56 Å². The van der Waals surface area contributed by atoms with Gasteiger partial charge in [0.1, 0.15) is 5.37 Å². The molecule has 2 aliphatic rings. The van der Waals surface area contributed by atoms with E-state index in [0.29, 0.717) is 18.8 Å². The van der Waals surface area contributed by atoms with Crippen molar-refractivity contribution in [1.82, 2.24) is 9.80 Å². The van der Waals surface area contributed by atoms with Gasteiger partial charge in [0.15, 0.2) is 0 Å². The zero-order valence-corrected chi connectivity index (χ0v) is 13.8. The van der Waals surface area contributed by atoms with Gasteiger partial charge >= 0.3 is 0 Å². The number of carbonyl (C=O) groups is 2. The van der Waals surface area contributed by atoms with E-state index < -0.39 is 0 Å². The fraction of sp³-hybridized carbons (Fsp3) is 0.600. The number of hydrogen-bond donors (Lipinski definition) is 0. The van der Waals surface area contributed by atoms with Crippen molar-refractivity contribution in [1.29, 1.82) is 0 Å². The van der Waals surface area contributed by atoms with Gasteiger partial charge in [0.25, 0.3) is 0 Å². The standard InChI is InChI=1S/C15H20N2O2S2/c1-2-16(14(19)11-3-4-11)6-7-17-13(18)10-21-15(17)12-5-8-20-9-12/h5,8-9,11,15H,2-4,6-7,10H2,1H3/t15-/m1/s1. The second-order valence-corrected chi connectivity index (χ2v) is 7.35. The van der Waals surface area contributed by atoms with Gasteiger partial charge in [-0.3, -0.25) is 9.59 Å². The molecule has 4 nitrogen and oxygen atoms in total. The molecule has 6 heteroatoms. The van der Waals surface area contributed by atoms with Crippen LogP contribution in [-0.2, 0) is 9.59 Å². The summed E-state index contributed by atoms with van der Waals surface area (Å²) in [6.45, 7) is 4.03. The van der Waals surface area contributed by atoms with Crippen LogP contribution in [0.15, 0.2) is 16.8 Å². The van der Waals surface area contributed by atoms with Crippen LogP contribution in [-0.4, -0.2) is 47.0 Å². The van der Waals surface area contributed by atoms with Crippen LogP contribution < -0.4 is 0 Å². The summed E-state index contributed by atoms with van der Waals surface area (Å²) in [6.07, 6.45) is 2.07. The predicted octanol–water partition coefficient (Wildman–Crippen LogP) is 2.58. The summed E-state index contributed by atoms with van der Waals surface area (Å²) in [7, 11) is 0. The van der Waals surface area contributed by atoms with Crippen LogP contribution in [0.3, 0.4) is 0 Å². The second kappa shape index (κ2) is 6.40. The molecule has 0 aromatic carbocycles. The summed E-state index contributed by atoms with van der Waals surface area (Å²) in [5.41, 5.74) is 1.20. The summed E-state index contributed by atoms with van der Waals surface area (Å²) < 4.78 is 0. The largest absolute Gasteiger partial charge is 0.341 e. The molecule has 0 spiro atoms. The van der Waals surface area contributed by atoms with Gasteiger partial charge in [-0.1, -0.05) is 0 Å². The van der Waals surface area contributed by atoms with Crippen molar-refractivity contribution in [2.24, 2.45) is 5.92 Å². The fourth-order valence-corrected chi connectivity index (χ4v) is 4.60. The first-order valence-electron chi connectivity index (χ1n) is 7.42. The van der Waals surface area contributed by atoms with E-state index in [0.717, 1.165) is 19.4 Å². The Labute approximate surface area is 133 Å². The molecule has 3 rings (SSSR count). The highest BCUT2D eigenvalue weighted by atomic mass is 32.2. The summed E-state index contributed by atoms with van der Waals surface area (Å²) in [4.78, 5) is 28.1. The maximum absolute atomic E-state index is 12.2. The zero-order chi connectivity index (χ0) is 14.8. The molecular weight excluding hydrogens is 304 g/mol. The molecular formula is C15H20N2O2S2. The van der Waals surface area contributed by atoms with E-state index in [9.17, 15) is 9.59 Å². The Bertz CT molecular complexity index is 514. The lowest BCUT2D eigenvalue weighted by Crippen LogP contribution is -2.40. The minimum atomic E-state index is 0.124. The molecule has 1 saturated carbocycles. The Morgan fingerprint density at radius 3 is 2.90 bits per heavy atom. The average Bonchev–Trinajstić information content (AvgIpc) is 3.08. The van der Waals surface area contributed by atoms with E-state index in [4.69, 9.17) is 0 Å². The molecule has 1 atom stereocenters. The van der Waals surface area contributed by atoms with Crippen LogP contribution in [0.25, 0.3) is 0 Å². The quantitative estimate of drug-likeness (QED) is 0.807. The van der Waals surface area contributed by atoms with Crippen molar-refractivity contribution >= 4 is 34.9 Å². The molecule has 2 amide bonds. The highest BCUT2D eigenvalue weighted by Crippen LogP contribution is 2.39.